The molecule has 16 heavy (non-hydrogen) atoms. The monoisotopic (exact) mass is 211 g/mol. The zero-order valence-corrected chi connectivity index (χ0v) is 9.90. The summed E-state index contributed by atoms with van der Waals surface area (Å²) >= 11 is 0. The topological polar surface area (TPSA) is 12.4 Å². The average Bonchev–Trinajstić information content (AvgIpc) is 2.32. The quantitative estimate of drug-likeness (QED) is 0.704. The number of hydrogen-bond acceptors (Lipinski definition) is 1. The van der Waals surface area contributed by atoms with Crippen LogP contribution in [0, 0.1) is 0 Å². The Bertz CT molecular complexity index is 466. The molecule has 0 spiro atoms. The highest BCUT2D eigenvalue weighted by molar-refractivity contribution is 6.18. The van der Waals surface area contributed by atoms with E-state index in [4.69, 9.17) is 4.99 Å². The van der Waals surface area contributed by atoms with Gasteiger partial charge in [0, 0.05) is 11.6 Å². The Labute approximate surface area is 97.2 Å². The van der Waals surface area contributed by atoms with Crippen molar-refractivity contribution in [2.45, 2.75) is 26.3 Å². The van der Waals surface area contributed by atoms with Crippen molar-refractivity contribution in [3.63, 3.8) is 0 Å². The van der Waals surface area contributed by atoms with E-state index in [0.717, 1.165) is 17.7 Å². The van der Waals surface area contributed by atoms with Crippen molar-refractivity contribution in [2.24, 2.45) is 4.99 Å². The minimum absolute atomic E-state index is 0.353. The van der Waals surface area contributed by atoms with E-state index < -0.39 is 0 Å². The smallest absolute Gasteiger partial charge is 0.0722 e. The molecule has 1 aromatic rings. The minimum Gasteiger partial charge on any atom is -0.281 e. The van der Waals surface area contributed by atoms with E-state index in [1.165, 1.54) is 11.1 Å². The molecule has 0 heterocycles. The van der Waals surface area contributed by atoms with Gasteiger partial charge in [-0.1, -0.05) is 49.9 Å². The summed E-state index contributed by atoms with van der Waals surface area (Å²) in [5.41, 5.74) is 4.50. The maximum atomic E-state index is 4.74. The Balaban J connectivity index is 2.49. The molecule has 1 atom stereocenters. The SMILES string of the molecule is C=C1C=Cc2ccccc2C1=NC(C)CC. The molecule has 1 aliphatic rings. The summed E-state index contributed by atoms with van der Waals surface area (Å²) in [5.74, 6) is 0. The maximum absolute atomic E-state index is 4.74. The molecular weight excluding hydrogens is 194 g/mol. The molecule has 0 amide bonds. The van der Waals surface area contributed by atoms with Crippen LogP contribution in [-0.2, 0) is 0 Å². The van der Waals surface area contributed by atoms with Crippen molar-refractivity contribution in [1.29, 1.82) is 0 Å². The first-order chi connectivity index (χ1) is 7.72. The van der Waals surface area contributed by atoms with E-state index in [1.807, 2.05) is 6.08 Å². The summed E-state index contributed by atoms with van der Waals surface area (Å²) in [4.78, 5) is 4.74. The lowest BCUT2D eigenvalue weighted by Crippen LogP contribution is -2.12. The molecule has 0 saturated heterocycles. The van der Waals surface area contributed by atoms with Gasteiger partial charge in [-0.25, -0.2) is 0 Å². The number of benzene rings is 1. The molecule has 1 nitrogen and oxygen atoms in total. The van der Waals surface area contributed by atoms with Crippen molar-refractivity contribution in [3.05, 3.63) is 53.6 Å². The van der Waals surface area contributed by atoms with Crippen molar-refractivity contribution >= 4 is 11.8 Å². The van der Waals surface area contributed by atoms with E-state index in [1.54, 1.807) is 0 Å². The molecule has 82 valence electrons. The third-order valence-electron chi connectivity index (χ3n) is 2.92. The number of allylic oxidation sites excluding steroid dienone is 2. The lowest BCUT2D eigenvalue weighted by molar-refractivity contribution is 0.717. The third-order valence-corrected chi connectivity index (χ3v) is 2.92. The first kappa shape index (κ1) is 10.9. The van der Waals surface area contributed by atoms with Gasteiger partial charge < -0.3 is 0 Å². The van der Waals surface area contributed by atoms with Gasteiger partial charge in [0.25, 0.3) is 0 Å². The molecule has 1 unspecified atom stereocenters. The molecule has 0 fully saturated rings. The third kappa shape index (κ3) is 1.99. The van der Waals surface area contributed by atoms with E-state index in [2.05, 4.69) is 50.8 Å². The van der Waals surface area contributed by atoms with E-state index in [0.29, 0.717) is 6.04 Å². The fraction of sp³-hybridized carbons (Fsp3) is 0.267. The van der Waals surface area contributed by atoms with Crippen molar-refractivity contribution < 1.29 is 0 Å². The zero-order chi connectivity index (χ0) is 11.5. The maximum Gasteiger partial charge on any atom is 0.0722 e. The molecule has 0 aliphatic heterocycles. The van der Waals surface area contributed by atoms with Crippen LogP contribution in [0.15, 0.2) is 47.5 Å². The Kier molecular flexibility index (Phi) is 3.04. The molecule has 0 radical (unpaired) electrons. The van der Waals surface area contributed by atoms with Crippen LogP contribution in [0.2, 0.25) is 0 Å². The van der Waals surface area contributed by atoms with Gasteiger partial charge in [-0.05, 0) is 24.5 Å². The predicted octanol–water partition coefficient (Wildman–Crippen LogP) is 3.86. The first-order valence-electron chi connectivity index (χ1n) is 5.77. The number of nitrogens with zero attached hydrogens (tertiary/aromatic N) is 1. The second-order valence-corrected chi connectivity index (χ2v) is 4.18. The van der Waals surface area contributed by atoms with Crippen LogP contribution >= 0.6 is 0 Å². The van der Waals surface area contributed by atoms with Crippen LogP contribution < -0.4 is 0 Å². The Morgan fingerprint density at radius 2 is 2.00 bits per heavy atom. The molecule has 1 aliphatic carbocycles. The predicted molar refractivity (Wildman–Crippen MR) is 70.9 cm³/mol. The number of rotatable bonds is 2. The normalized spacial score (nSPS) is 18.6. The van der Waals surface area contributed by atoms with E-state index >= 15 is 0 Å². The Morgan fingerprint density at radius 1 is 1.25 bits per heavy atom. The van der Waals surface area contributed by atoms with Crippen molar-refractivity contribution in [1.82, 2.24) is 0 Å². The molecular formula is C15H17N. The van der Waals surface area contributed by atoms with Gasteiger partial charge in [0.15, 0.2) is 0 Å². The van der Waals surface area contributed by atoms with Gasteiger partial charge in [-0.3, -0.25) is 4.99 Å². The second kappa shape index (κ2) is 4.48. The summed E-state index contributed by atoms with van der Waals surface area (Å²) in [6.45, 7) is 8.36. The largest absolute Gasteiger partial charge is 0.281 e. The molecule has 0 N–H and O–H groups in total. The minimum atomic E-state index is 0.353. The summed E-state index contributed by atoms with van der Waals surface area (Å²) in [5, 5.41) is 0. The van der Waals surface area contributed by atoms with Crippen LogP contribution in [0.1, 0.15) is 31.4 Å². The molecule has 2 rings (SSSR count). The van der Waals surface area contributed by atoms with Crippen molar-refractivity contribution in [3.8, 4) is 0 Å². The fourth-order valence-corrected chi connectivity index (χ4v) is 1.76. The van der Waals surface area contributed by atoms with Crippen LogP contribution in [0.5, 0.6) is 0 Å². The van der Waals surface area contributed by atoms with Gasteiger partial charge in [0.2, 0.25) is 0 Å². The molecule has 0 aromatic heterocycles. The standard InChI is InChI=1S/C15H17N/c1-4-12(3)16-15-11(2)9-10-13-7-5-6-8-14(13)15/h5-10,12H,2,4H2,1,3H3. The summed E-state index contributed by atoms with van der Waals surface area (Å²) in [6, 6.07) is 8.69. The Morgan fingerprint density at radius 3 is 2.75 bits per heavy atom. The van der Waals surface area contributed by atoms with Gasteiger partial charge >= 0.3 is 0 Å². The van der Waals surface area contributed by atoms with Gasteiger partial charge in [0.05, 0.1) is 5.71 Å². The summed E-state index contributed by atoms with van der Waals surface area (Å²) in [7, 11) is 0. The highest BCUT2D eigenvalue weighted by atomic mass is 14.8. The Hall–Kier alpha value is -1.63. The highest BCUT2D eigenvalue weighted by Crippen LogP contribution is 2.22. The van der Waals surface area contributed by atoms with Gasteiger partial charge in [0.1, 0.15) is 0 Å². The number of aliphatic imine (C=N–C) groups is 1. The van der Waals surface area contributed by atoms with Crippen LogP contribution in [0.25, 0.3) is 6.08 Å². The van der Waals surface area contributed by atoms with Gasteiger partial charge in [-0.15, -0.1) is 0 Å². The van der Waals surface area contributed by atoms with Crippen LogP contribution in [0.4, 0.5) is 0 Å². The number of hydrogen-bond donors (Lipinski definition) is 0. The van der Waals surface area contributed by atoms with Crippen LogP contribution in [0.3, 0.4) is 0 Å². The van der Waals surface area contributed by atoms with E-state index in [-0.39, 0.29) is 0 Å². The summed E-state index contributed by atoms with van der Waals surface area (Å²) in [6.07, 6.45) is 5.21. The zero-order valence-electron chi connectivity index (χ0n) is 9.90. The first-order valence-corrected chi connectivity index (χ1v) is 5.77. The summed E-state index contributed by atoms with van der Waals surface area (Å²) < 4.78 is 0. The molecule has 1 aromatic carbocycles. The fourth-order valence-electron chi connectivity index (χ4n) is 1.76. The molecule has 0 bridgehead atoms. The second-order valence-electron chi connectivity index (χ2n) is 4.18. The highest BCUT2D eigenvalue weighted by Gasteiger charge is 2.14. The number of fused-ring (bicyclic) bond motifs is 1. The van der Waals surface area contributed by atoms with Crippen molar-refractivity contribution in [2.75, 3.05) is 0 Å². The lowest BCUT2D eigenvalue weighted by Gasteiger charge is -2.16. The lowest BCUT2D eigenvalue weighted by atomic mass is 9.92. The molecule has 0 saturated carbocycles. The van der Waals surface area contributed by atoms with Gasteiger partial charge in [-0.2, -0.15) is 0 Å². The van der Waals surface area contributed by atoms with Crippen LogP contribution in [-0.4, -0.2) is 11.8 Å². The average molecular weight is 211 g/mol. The van der Waals surface area contributed by atoms with E-state index in [9.17, 15) is 0 Å². The molecule has 1 heteroatoms.